The number of fused-ring (bicyclic) bond motifs is 1. The highest BCUT2D eigenvalue weighted by molar-refractivity contribution is 7.17. The monoisotopic (exact) mass is 258 g/mol. The highest BCUT2D eigenvalue weighted by Crippen LogP contribution is 2.39. The molecule has 18 heavy (non-hydrogen) atoms. The summed E-state index contributed by atoms with van der Waals surface area (Å²) in [5.41, 5.74) is 2.45. The van der Waals surface area contributed by atoms with E-state index in [1.54, 1.807) is 11.3 Å². The van der Waals surface area contributed by atoms with Crippen LogP contribution in [0.15, 0.2) is 36.4 Å². The molecule has 92 valence electrons. The number of para-hydroxylation sites is 2. The fourth-order valence-corrected chi connectivity index (χ4v) is 3.15. The highest BCUT2D eigenvalue weighted by atomic mass is 32.1. The molecule has 1 aromatic heterocycles. The van der Waals surface area contributed by atoms with Crippen LogP contribution in [-0.2, 0) is 0 Å². The average molecular weight is 258 g/mol. The maximum atomic E-state index is 10.8. The number of rotatable bonds is 2. The van der Waals surface area contributed by atoms with Gasteiger partial charge in [0.1, 0.15) is 0 Å². The first-order valence-electron chi connectivity index (χ1n) is 5.92. The fourth-order valence-electron chi connectivity index (χ4n) is 2.29. The third-order valence-corrected chi connectivity index (χ3v) is 4.27. The summed E-state index contributed by atoms with van der Waals surface area (Å²) in [6.07, 6.45) is 0.913. The van der Waals surface area contributed by atoms with E-state index in [1.807, 2.05) is 12.1 Å². The third kappa shape index (κ3) is 1.78. The van der Waals surface area contributed by atoms with Crippen LogP contribution in [0.2, 0.25) is 0 Å². The van der Waals surface area contributed by atoms with Gasteiger partial charge in [0.2, 0.25) is 0 Å². The van der Waals surface area contributed by atoms with Gasteiger partial charge in [0.25, 0.3) is 0 Å². The van der Waals surface area contributed by atoms with E-state index in [-0.39, 0.29) is 0 Å². The Morgan fingerprint density at radius 3 is 2.61 bits per heavy atom. The number of aldehydes is 1. The van der Waals surface area contributed by atoms with Crippen molar-refractivity contribution < 1.29 is 4.79 Å². The lowest BCUT2D eigenvalue weighted by Crippen LogP contribution is -2.36. The average Bonchev–Trinajstić information content (AvgIpc) is 2.88. The van der Waals surface area contributed by atoms with E-state index in [2.05, 4.69) is 41.1 Å². The molecule has 0 N–H and O–H groups in total. The second-order valence-corrected chi connectivity index (χ2v) is 5.45. The molecule has 0 spiro atoms. The first-order valence-corrected chi connectivity index (χ1v) is 6.74. The lowest BCUT2D eigenvalue weighted by Gasteiger charge is -2.36. The summed E-state index contributed by atoms with van der Waals surface area (Å²) in [4.78, 5) is 16.1. The predicted octanol–water partition coefficient (Wildman–Crippen LogP) is 3.15. The zero-order chi connectivity index (χ0) is 12.5. The fraction of sp³-hybridized carbons (Fsp3) is 0.214. The molecule has 1 aliphatic heterocycles. The van der Waals surface area contributed by atoms with Crippen LogP contribution in [0.4, 0.5) is 16.4 Å². The third-order valence-electron chi connectivity index (χ3n) is 3.24. The number of carbonyl (C=O) groups excluding carboxylic acids is 1. The summed E-state index contributed by atoms with van der Waals surface area (Å²) < 4.78 is 0. The van der Waals surface area contributed by atoms with Crippen LogP contribution < -0.4 is 9.80 Å². The molecule has 0 bridgehead atoms. The molecule has 0 saturated heterocycles. The Labute approximate surface area is 110 Å². The van der Waals surface area contributed by atoms with E-state index in [4.69, 9.17) is 0 Å². The van der Waals surface area contributed by atoms with Gasteiger partial charge >= 0.3 is 0 Å². The van der Waals surface area contributed by atoms with Crippen molar-refractivity contribution in [1.82, 2.24) is 0 Å². The van der Waals surface area contributed by atoms with Crippen molar-refractivity contribution in [3.63, 3.8) is 0 Å². The Morgan fingerprint density at radius 1 is 1.11 bits per heavy atom. The van der Waals surface area contributed by atoms with Crippen LogP contribution in [0.1, 0.15) is 9.67 Å². The van der Waals surface area contributed by atoms with E-state index in [1.165, 1.54) is 11.4 Å². The molecule has 3 nitrogen and oxygen atoms in total. The van der Waals surface area contributed by atoms with Gasteiger partial charge in [-0.15, -0.1) is 11.3 Å². The summed E-state index contributed by atoms with van der Waals surface area (Å²) in [7, 11) is 2.11. The zero-order valence-electron chi connectivity index (χ0n) is 10.2. The summed E-state index contributed by atoms with van der Waals surface area (Å²) in [6.45, 7) is 1.94. The predicted molar refractivity (Wildman–Crippen MR) is 76.4 cm³/mol. The van der Waals surface area contributed by atoms with Crippen molar-refractivity contribution in [1.29, 1.82) is 0 Å². The summed E-state index contributed by atoms with van der Waals surface area (Å²) in [6, 6.07) is 12.3. The first kappa shape index (κ1) is 11.3. The molecule has 0 saturated carbocycles. The standard InChI is InChI=1S/C14H14N2OS/c1-15-8-9-16(13-5-3-2-4-12(13)15)14-7-6-11(10-17)18-14/h2-7,10H,8-9H2,1H3. The van der Waals surface area contributed by atoms with Crippen LogP contribution in [0.3, 0.4) is 0 Å². The van der Waals surface area contributed by atoms with Crippen LogP contribution >= 0.6 is 11.3 Å². The number of likely N-dealkylation sites (N-methyl/N-ethyl adjacent to an activating group) is 1. The lowest BCUT2D eigenvalue weighted by atomic mass is 10.2. The largest absolute Gasteiger partial charge is 0.371 e. The molecule has 4 heteroatoms. The molecule has 0 atom stereocenters. The second kappa shape index (κ2) is 4.46. The second-order valence-electron chi connectivity index (χ2n) is 4.36. The molecule has 2 aromatic rings. The molecule has 0 fully saturated rings. The van der Waals surface area contributed by atoms with Gasteiger partial charge in [-0.2, -0.15) is 0 Å². The Hall–Kier alpha value is -1.81. The maximum absolute atomic E-state index is 10.8. The van der Waals surface area contributed by atoms with Crippen LogP contribution in [-0.4, -0.2) is 26.4 Å². The Balaban J connectivity index is 2.04. The summed E-state index contributed by atoms with van der Waals surface area (Å²) in [5, 5.41) is 1.14. The minimum absolute atomic E-state index is 0.779. The first-order chi connectivity index (χ1) is 8.79. The number of hydrogen-bond acceptors (Lipinski definition) is 4. The summed E-state index contributed by atoms with van der Waals surface area (Å²) >= 11 is 1.54. The molecule has 0 unspecified atom stereocenters. The van der Waals surface area contributed by atoms with Crippen LogP contribution in [0, 0.1) is 0 Å². The van der Waals surface area contributed by atoms with Gasteiger partial charge in [-0.3, -0.25) is 4.79 Å². The van der Waals surface area contributed by atoms with Crippen molar-refractivity contribution in [3.05, 3.63) is 41.3 Å². The van der Waals surface area contributed by atoms with E-state index in [9.17, 15) is 4.79 Å². The van der Waals surface area contributed by atoms with E-state index in [0.717, 1.165) is 29.3 Å². The number of nitrogens with zero attached hydrogens (tertiary/aromatic N) is 2. The van der Waals surface area contributed by atoms with Gasteiger partial charge in [-0.25, -0.2) is 0 Å². The molecule has 0 radical (unpaired) electrons. The van der Waals surface area contributed by atoms with Gasteiger partial charge in [-0.1, -0.05) is 12.1 Å². The summed E-state index contributed by atoms with van der Waals surface area (Å²) in [5.74, 6) is 0. The Kier molecular flexibility index (Phi) is 2.80. The van der Waals surface area contributed by atoms with Crippen molar-refractivity contribution in [2.75, 3.05) is 29.9 Å². The highest BCUT2D eigenvalue weighted by Gasteiger charge is 2.21. The molecule has 1 aliphatic rings. The lowest BCUT2D eigenvalue weighted by molar-refractivity contribution is 0.112. The number of hydrogen-bond donors (Lipinski definition) is 0. The van der Waals surface area contributed by atoms with Crippen LogP contribution in [0.25, 0.3) is 0 Å². The van der Waals surface area contributed by atoms with E-state index in [0.29, 0.717) is 0 Å². The molecule has 2 heterocycles. The quantitative estimate of drug-likeness (QED) is 0.773. The smallest absolute Gasteiger partial charge is 0.160 e. The molecule has 3 rings (SSSR count). The minimum atomic E-state index is 0.779. The van der Waals surface area contributed by atoms with Crippen molar-refractivity contribution in [2.24, 2.45) is 0 Å². The number of carbonyl (C=O) groups is 1. The molecular formula is C14H14N2OS. The van der Waals surface area contributed by atoms with Gasteiger partial charge in [0, 0.05) is 20.1 Å². The maximum Gasteiger partial charge on any atom is 0.160 e. The number of benzene rings is 1. The number of thiophene rings is 1. The van der Waals surface area contributed by atoms with Gasteiger partial charge in [0.15, 0.2) is 6.29 Å². The van der Waals surface area contributed by atoms with E-state index < -0.39 is 0 Å². The van der Waals surface area contributed by atoms with Crippen LogP contribution in [0.5, 0.6) is 0 Å². The zero-order valence-corrected chi connectivity index (χ0v) is 11.0. The van der Waals surface area contributed by atoms with Crippen molar-refractivity contribution >= 4 is 34.0 Å². The van der Waals surface area contributed by atoms with Gasteiger partial charge in [0.05, 0.1) is 21.3 Å². The molecule has 0 amide bonds. The van der Waals surface area contributed by atoms with Gasteiger partial charge in [-0.05, 0) is 24.3 Å². The van der Waals surface area contributed by atoms with Crippen molar-refractivity contribution in [2.45, 2.75) is 0 Å². The Bertz CT molecular complexity index is 579. The van der Waals surface area contributed by atoms with Gasteiger partial charge < -0.3 is 9.80 Å². The normalized spacial score (nSPS) is 14.5. The molecule has 1 aromatic carbocycles. The minimum Gasteiger partial charge on any atom is -0.371 e. The molecule has 0 aliphatic carbocycles. The number of anilines is 3. The SMILES string of the molecule is CN1CCN(c2ccc(C=O)s2)c2ccccc21. The molecular weight excluding hydrogens is 244 g/mol. The topological polar surface area (TPSA) is 23.6 Å². The Morgan fingerprint density at radius 2 is 1.89 bits per heavy atom. The van der Waals surface area contributed by atoms with Crippen molar-refractivity contribution in [3.8, 4) is 0 Å². The van der Waals surface area contributed by atoms with E-state index >= 15 is 0 Å².